The van der Waals surface area contributed by atoms with Crippen molar-refractivity contribution in [3.8, 4) is 0 Å². The fraction of sp³-hybridized carbons (Fsp3) is 0.533. The second-order valence-electron chi connectivity index (χ2n) is 6.26. The van der Waals surface area contributed by atoms with Crippen LogP contribution >= 0.6 is 0 Å². The zero-order valence-corrected chi connectivity index (χ0v) is 11.2. The number of carboxylic acid groups (broad SMARTS) is 1. The minimum Gasteiger partial charge on any atom is -0.478 e. The van der Waals surface area contributed by atoms with Crippen molar-refractivity contribution in [3.05, 3.63) is 34.4 Å². The van der Waals surface area contributed by atoms with Gasteiger partial charge in [-0.25, -0.2) is 4.79 Å². The van der Waals surface area contributed by atoms with Gasteiger partial charge >= 0.3 is 5.97 Å². The molecule has 0 radical (unpaired) electrons. The Labute approximate surface area is 103 Å². The third kappa shape index (κ3) is 1.50. The molecular weight excluding hydrogens is 212 g/mol. The third-order valence-corrected chi connectivity index (χ3v) is 4.73. The van der Waals surface area contributed by atoms with Crippen LogP contribution in [0.5, 0.6) is 0 Å². The van der Waals surface area contributed by atoms with Crippen molar-refractivity contribution in [3.63, 3.8) is 0 Å². The van der Waals surface area contributed by atoms with Crippen LogP contribution < -0.4 is 0 Å². The quantitative estimate of drug-likeness (QED) is 0.804. The van der Waals surface area contributed by atoms with E-state index in [0.717, 1.165) is 12.0 Å². The maximum atomic E-state index is 11.2. The fourth-order valence-corrected chi connectivity index (χ4v) is 3.05. The monoisotopic (exact) mass is 232 g/mol. The molecule has 1 aromatic rings. The van der Waals surface area contributed by atoms with E-state index in [1.165, 1.54) is 11.1 Å². The Morgan fingerprint density at radius 1 is 1.24 bits per heavy atom. The molecule has 0 unspecified atom stereocenters. The van der Waals surface area contributed by atoms with Crippen LogP contribution in [0.3, 0.4) is 0 Å². The predicted molar refractivity (Wildman–Crippen MR) is 68.6 cm³/mol. The molecule has 2 heteroatoms. The highest BCUT2D eigenvalue weighted by atomic mass is 16.4. The van der Waals surface area contributed by atoms with Crippen LogP contribution in [0.2, 0.25) is 0 Å². The first-order chi connectivity index (χ1) is 7.68. The Hall–Kier alpha value is -1.31. The molecule has 17 heavy (non-hydrogen) atoms. The summed E-state index contributed by atoms with van der Waals surface area (Å²) in [6.07, 6.45) is 1.02. The highest BCUT2D eigenvalue weighted by molar-refractivity contribution is 5.90. The van der Waals surface area contributed by atoms with Crippen LogP contribution in [-0.2, 0) is 11.8 Å². The van der Waals surface area contributed by atoms with Crippen LogP contribution in [0.4, 0.5) is 0 Å². The van der Waals surface area contributed by atoms with Crippen molar-refractivity contribution in [2.75, 3.05) is 0 Å². The van der Waals surface area contributed by atoms with Crippen molar-refractivity contribution in [2.24, 2.45) is 5.41 Å². The number of rotatable bonds is 1. The minimum absolute atomic E-state index is 0.0257. The molecular formula is C15H20O2. The number of fused-ring (bicyclic) bond motifs is 1. The molecule has 0 fully saturated rings. The molecule has 0 amide bonds. The van der Waals surface area contributed by atoms with Crippen LogP contribution in [0.1, 0.15) is 54.7 Å². The smallest absolute Gasteiger partial charge is 0.335 e. The van der Waals surface area contributed by atoms with E-state index in [1.807, 2.05) is 13.0 Å². The first-order valence-electron chi connectivity index (χ1n) is 6.05. The van der Waals surface area contributed by atoms with Crippen LogP contribution in [0.15, 0.2) is 12.1 Å². The summed E-state index contributed by atoms with van der Waals surface area (Å²) < 4.78 is 0. The molecule has 0 aromatic heterocycles. The maximum Gasteiger partial charge on any atom is 0.335 e. The van der Waals surface area contributed by atoms with E-state index in [4.69, 9.17) is 0 Å². The normalized spacial score (nSPS) is 20.1. The van der Waals surface area contributed by atoms with Gasteiger partial charge in [0.25, 0.3) is 0 Å². The fourth-order valence-electron chi connectivity index (χ4n) is 3.05. The lowest BCUT2D eigenvalue weighted by atomic mass is 9.68. The van der Waals surface area contributed by atoms with Gasteiger partial charge in [0.15, 0.2) is 0 Å². The molecule has 0 atom stereocenters. The van der Waals surface area contributed by atoms with E-state index in [1.54, 1.807) is 6.07 Å². The second kappa shape index (κ2) is 3.34. The molecule has 0 spiro atoms. The van der Waals surface area contributed by atoms with Gasteiger partial charge in [-0.1, -0.05) is 33.8 Å². The standard InChI is InChI=1S/C15H20O2/c1-9-11(13(16)17)7-6-10-8-14(2,3)15(4,5)12(9)10/h6-7H,8H2,1-5H3,(H,16,17). The number of hydrogen-bond donors (Lipinski definition) is 1. The van der Waals surface area contributed by atoms with E-state index in [9.17, 15) is 9.90 Å². The number of aromatic carboxylic acids is 1. The zero-order chi connectivity index (χ0) is 13.0. The summed E-state index contributed by atoms with van der Waals surface area (Å²) in [7, 11) is 0. The predicted octanol–water partition coefficient (Wildman–Crippen LogP) is 3.55. The van der Waals surface area contributed by atoms with E-state index in [0.29, 0.717) is 5.56 Å². The topological polar surface area (TPSA) is 37.3 Å². The summed E-state index contributed by atoms with van der Waals surface area (Å²) in [5.41, 5.74) is 4.12. The average Bonchev–Trinajstić information content (AvgIpc) is 2.33. The van der Waals surface area contributed by atoms with Gasteiger partial charge in [0, 0.05) is 0 Å². The van der Waals surface area contributed by atoms with E-state index in [2.05, 4.69) is 27.7 Å². The van der Waals surface area contributed by atoms with Crippen LogP contribution in [0.25, 0.3) is 0 Å². The summed E-state index contributed by atoms with van der Waals surface area (Å²) >= 11 is 0. The summed E-state index contributed by atoms with van der Waals surface area (Å²) in [5.74, 6) is -0.828. The molecule has 2 nitrogen and oxygen atoms in total. The molecule has 92 valence electrons. The van der Waals surface area contributed by atoms with E-state index >= 15 is 0 Å². The molecule has 1 N–H and O–H groups in total. The summed E-state index contributed by atoms with van der Waals surface area (Å²) in [4.78, 5) is 11.2. The molecule has 0 aliphatic heterocycles. The molecule has 0 saturated heterocycles. The SMILES string of the molecule is Cc1c(C(=O)O)ccc2c1C(C)(C)C(C)(C)C2. The first kappa shape index (κ1) is 12.2. The van der Waals surface area contributed by atoms with Crippen LogP contribution in [-0.4, -0.2) is 11.1 Å². The highest BCUT2D eigenvalue weighted by Crippen LogP contribution is 2.52. The molecule has 0 bridgehead atoms. The molecule has 1 aliphatic rings. The summed E-state index contributed by atoms with van der Waals surface area (Å²) in [6.45, 7) is 10.9. The Bertz CT molecular complexity index is 496. The molecule has 0 saturated carbocycles. The van der Waals surface area contributed by atoms with Gasteiger partial charge in [-0.3, -0.25) is 0 Å². The minimum atomic E-state index is -0.828. The van der Waals surface area contributed by atoms with Gasteiger partial charge in [-0.15, -0.1) is 0 Å². The van der Waals surface area contributed by atoms with Gasteiger partial charge in [-0.05, 0) is 46.9 Å². The van der Waals surface area contributed by atoms with Gasteiger partial charge in [0.1, 0.15) is 0 Å². The van der Waals surface area contributed by atoms with Crippen molar-refractivity contribution >= 4 is 5.97 Å². The zero-order valence-electron chi connectivity index (χ0n) is 11.2. The van der Waals surface area contributed by atoms with Crippen molar-refractivity contribution in [2.45, 2.75) is 46.5 Å². The van der Waals surface area contributed by atoms with Gasteiger partial charge in [0.05, 0.1) is 5.56 Å². The largest absolute Gasteiger partial charge is 0.478 e. The molecule has 1 aromatic carbocycles. The lowest BCUT2D eigenvalue weighted by molar-refractivity contribution is 0.0696. The third-order valence-electron chi connectivity index (χ3n) is 4.73. The average molecular weight is 232 g/mol. The van der Waals surface area contributed by atoms with Gasteiger partial charge in [0.2, 0.25) is 0 Å². The Kier molecular flexibility index (Phi) is 2.39. The lowest BCUT2D eigenvalue weighted by Crippen LogP contribution is -2.32. The Morgan fingerprint density at radius 2 is 1.82 bits per heavy atom. The summed E-state index contributed by atoms with van der Waals surface area (Å²) in [5, 5.41) is 9.20. The van der Waals surface area contributed by atoms with Crippen molar-refractivity contribution in [1.82, 2.24) is 0 Å². The summed E-state index contributed by atoms with van der Waals surface area (Å²) in [6, 6.07) is 3.73. The van der Waals surface area contributed by atoms with Crippen molar-refractivity contribution in [1.29, 1.82) is 0 Å². The molecule has 0 heterocycles. The number of carbonyl (C=O) groups is 1. The number of carboxylic acids is 1. The maximum absolute atomic E-state index is 11.2. The number of benzene rings is 1. The van der Waals surface area contributed by atoms with Crippen molar-refractivity contribution < 1.29 is 9.90 Å². The van der Waals surface area contributed by atoms with E-state index in [-0.39, 0.29) is 10.8 Å². The molecule has 1 aliphatic carbocycles. The first-order valence-corrected chi connectivity index (χ1v) is 6.05. The lowest BCUT2D eigenvalue weighted by Gasteiger charge is -2.36. The molecule has 2 rings (SSSR count). The van der Waals surface area contributed by atoms with E-state index < -0.39 is 5.97 Å². The number of hydrogen-bond acceptors (Lipinski definition) is 1. The highest BCUT2D eigenvalue weighted by Gasteiger charge is 2.46. The van der Waals surface area contributed by atoms with Gasteiger partial charge in [-0.2, -0.15) is 0 Å². The Balaban J connectivity index is 2.71. The Morgan fingerprint density at radius 3 is 2.35 bits per heavy atom. The second-order valence-corrected chi connectivity index (χ2v) is 6.26. The van der Waals surface area contributed by atoms with Crippen LogP contribution in [0, 0.1) is 12.3 Å². The van der Waals surface area contributed by atoms with Gasteiger partial charge < -0.3 is 5.11 Å².